The van der Waals surface area contributed by atoms with Gasteiger partial charge in [0.2, 0.25) is 0 Å². The molecule has 0 heterocycles. The van der Waals surface area contributed by atoms with Crippen LogP contribution in [0, 0.1) is 11.3 Å². The van der Waals surface area contributed by atoms with Crippen molar-refractivity contribution >= 4 is 6.03 Å². The molecule has 0 aliphatic heterocycles. The molecule has 1 aliphatic carbocycles. The summed E-state index contributed by atoms with van der Waals surface area (Å²) < 4.78 is 0. The minimum Gasteiger partial charge on any atom is -0.395 e. The second-order valence-corrected chi connectivity index (χ2v) is 5.76. The monoisotopic (exact) mass is 242 g/mol. The number of urea groups is 1. The Kier molecular flexibility index (Phi) is 5.25. The first-order chi connectivity index (χ1) is 7.99. The van der Waals surface area contributed by atoms with Gasteiger partial charge >= 0.3 is 6.03 Å². The summed E-state index contributed by atoms with van der Waals surface area (Å²) in [6.45, 7) is 5.66. The number of hydrogen-bond acceptors (Lipinski definition) is 2. The average molecular weight is 242 g/mol. The van der Waals surface area contributed by atoms with Crippen molar-refractivity contribution < 1.29 is 9.90 Å². The summed E-state index contributed by atoms with van der Waals surface area (Å²) in [4.78, 5) is 13.2. The highest BCUT2D eigenvalue weighted by atomic mass is 16.3. The predicted molar refractivity (Wildman–Crippen MR) is 68.9 cm³/mol. The van der Waals surface area contributed by atoms with Gasteiger partial charge in [0.25, 0.3) is 0 Å². The number of aliphatic hydroxyl groups is 1. The first-order valence-electron chi connectivity index (χ1n) is 6.59. The van der Waals surface area contributed by atoms with Gasteiger partial charge in [-0.25, -0.2) is 4.79 Å². The van der Waals surface area contributed by atoms with E-state index in [1.807, 2.05) is 0 Å². The third kappa shape index (κ3) is 4.19. The Bertz CT molecular complexity index is 250. The van der Waals surface area contributed by atoms with Gasteiger partial charge in [0.1, 0.15) is 0 Å². The van der Waals surface area contributed by atoms with E-state index in [0.29, 0.717) is 17.9 Å². The van der Waals surface area contributed by atoms with Crippen LogP contribution in [0.2, 0.25) is 0 Å². The lowest BCUT2D eigenvalue weighted by Gasteiger charge is -2.43. The van der Waals surface area contributed by atoms with Crippen LogP contribution in [0.5, 0.6) is 0 Å². The molecule has 0 radical (unpaired) electrons. The third-order valence-electron chi connectivity index (χ3n) is 3.65. The van der Waals surface area contributed by atoms with Crippen LogP contribution in [0.4, 0.5) is 4.79 Å². The molecule has 0 aromatic rings. The summed E-state index contributed by atoms with van der Waals surface area (Å²) in [5.41, 5.74) is 0.337. The molecule has 1 rings (SSSR count). The first kappa shape index (κ1) is 14.3. The normalized spacial score (nSPS) is 17.7. The summed E-state index contributed by atoms with van der Waals surface area (Å²) in [6.07, 6.45) is 4.94. The van der Waals surface area contributed by atoms with Gasteiger partial charge in [-0.1, -0.05) is 20.3 Å². The van der Waals surface area contributed by atoms with Crippen molar-refractivity contribution in [2.24, 2.45) is 11.3 Å². The Morgan fingerprint density at radius 1 is 1.47 bits per heavy atom. The zero-order valence-corrected chi connectivity index (χ0v) is 11.3. The van der Waals surface area contributed by atoms with Crippen molar-refractivity contribution in [1.29, 1.82) is 0 Å². The van der Waals surface area contributed by atoms with E-state index in [1.54, 1.807) is 7.05 Å². The van der Waals surface area contributed by atoms with E-state index in [9.17, 15) is 4.79 Å². The lowest BCUT2D eigenvalue weighted by atomic mass is 9.64. The van der Waals surface area contributed by atoms with Crippen molar-refractivity contribution in [2.75, 3.05) is 26.7 Å². The summed E-state index contributed by atoms with van der Waals surface area (Å²) in [5.74, 6) is 0.683. The Labute approximate surface area is 104 Å². The average Bonchev–Trinajstić information content (AvgIpc) is 2.21. The van der Waals surface area contributed by atoms with E-state index in [2.05, 4.69) is 19.2 Å². The van der Waals surface area contributed by atoms with E-state index in [1.165, 1.54) is 30.6 Å². The van der Waals surface area contributed by atoms with Gasteiger partial charge in [-0.2, -0.15) is 0 Å². The molecule has 0 aromatic carbocycles. The van der Waals surface area contributed by atoms with Crippen LogP contribution in [-0.2, 0) is 0 Å². The number of aliphatic hydroxyl groups excluding tert-OH is 1. The van der Waals surface area contributed by atoms with Crippen LogP contribution in [0.25, 0.3) is 0 Å². The van der Waals surface area contributed by atoms with Crippen LogP contribution >= 0.6 is 0 Å². The molecule has 0 unspecified atom stereocenters. The summed E-state index contributed by atoms with van der Waals surface area (Å²) in [6, 6.07) is -0.0749. The fraction of sp³-hybridized carbons (Fsp3) is 0.923. The van der Waals surface area contributed by atoms with Crippen molar-refractivity contribution in [1.82, 2.24) is 10.2 Å². The molecule has 4 nitrogen and oxygen atoms in total. The summed E-state index contributed by atoms with van der Waals surface area (Å²) in [7, 11) is 1.71. The SMILES string of the molecule is CC(C)CC1(CNC(=O)N(C)CCO)CCC1. The number of likely N-dealkylation sites (N-methyl/N-ethyl adjacent to an activating group) is 1. The quantitative estimate of drug-likeness (QED) is 0.746. The highest BCUT2D eigenvalue weighted by Gasteiger charge is 2.37. The van der Waals surface area contributed by atoms with Crippen molar-refractivity contribution in [3.8, 4) is 0 Å². The van der Waals surface area contributed by atoms with Crippen LogP contribution in [0.1, 0.15) is 39.5 Å². The number of nitrogens with zero attached hydrogens (tertiary/aromatic N) is 1. The molecule has 0 saturated heterocycles. The van der Waals surface area contributed by atoms with E-state index >= 15 is 0 Å². The van der Waals surface area contributed by atoms with E-state index in [-0.39, 0.29) is 12.6 Å². The van der Waals surface area contributed by atoms with Gasteiger partial charge in [-0.05, 0) is 30.6 Å². The van der Waals surface area contributed by atoms with Crippen LogP contribution in [-0.4, -0.2) is 42.8 Å². The lowest BCUT2D eigenvalue weighted by molar-refractivity contribution is 0.0974. The minimum absolute atomic E-state index is 0.0149. The molecular weight excluding hydrogens is 216 g/mol. The highest BCUT2D eigenvalue weighted by Crippen LogP contribution is 2.45. The standard InChI is InChI=1S/C13H26N2O2/c1-11(2)9-13(5-4-6-13)10-14-12(17)15(3)7-8-16/h11,16H,4-10H2,1-3H3,(H,14,17). The van der Waals surface area contributed by atoms with Crippen molar-refractivity contribution in [3.63, 3.8) is 0 Å². The molecule has 1 aliphatic rings. The van der Waals surface area contributed by atoms with E-state index in [0.717, 1.165) is 6.54 Å². The smallest absolute Gasteiger partial charge is 0.317 e. The fourth-order valence-corrected chi connectivity index (χ4v) is 2.65. The van der Waals surface area contributed by atoms with Crippen LogP contribution in [0.3, 0.4) is 0 Å². The molecule has 1 fully saturated rings. The Morgan fingerprint density at radius 2 is 2.12 bits per heavy atom. The molecule has 2 amide bonds. The van der Waals surface area contributed by atoms with Crippen LogP contribution < -0.4 is 5.32 Å². The molecule has 4 heteroatoms. The molecule has 100 valence electrons. The molecule has 0 bridgehead atoms. The molecular formula is C13H26N2O2. The molecule has 17 heavy (non-hydrogen) atoms. The maximum Gasteiger partial charge on any atom is 0.317 e. The second kappa shape index (κ2) is 6.24. The maximum absolute atomic E-state index is 11.7. The number of nitrogens with one attached hydrogen (secondary N) is 1. The fourth-order valence-electron chi connectivity index (χ4n) is 2.65. The van der Waals surface area contributed by atoms with Gasteiger partial charge in [0.15, 0.2) is 0 Å². The maximum atomic E-state index is 11.7. The topological polar surface area (TPSA) is 52.6 Å². The molecule has 0 aromatic heterocycles. The van der Waals surface area contributed by atoms with Crippen LogP contribution in [0.15, 0.2) is 0 Å². The Balaban J connectivity index is 2.35. The number of carbonyl (C=O) groups is 1. The predicted octanol–water partition coefficient (Wildman–Crippen LogP) is 1.84. The lowest BCUT2D eigenvalue weighted by Crippen LogP contribution is -2.47. The van der Waals surface area contributed by atoms with Gasteiger partial charge in [0.05, 0.1) is 6.61 Å². The Morgan fingerprint density at radius 3 is 2.53 bits per heavy atom. The van der Waals surface area contributed by atoms with E-state index in [4.69, 9.17) is 5.11 Å². The Hall–Kier alpha value is -0.770. The minimum atomic E-state index is -0.0749. The van der Waals surface area contributed by atoms with Crippen molar-refractivity contribution in [2.45, 2.75) is 39.5 Å². The van der Waals surface area contributed by atoms with E-state index < -0.39 is 0 Å². The van der Waals surface area contributed by atoms with Gasteiger partial charge in [-0.3, -0.25) is 0 Å². The van der Waals surface area contributed by atoms with Crippen molar-refractivity contribution in [3.05, 3.63) is 0 Å². The third-order valence-corrected chi connectivity index (χ3v) is 3.65. The van der Waals surface area contributed by atoms with Gasteiger partial charge in [0, 0.05) is 20.1 Å². The summed E-state index contributed by atoms with van der Waals surface area (Å²) >= 11 is 0. The molecule has 0 spiro atoms. The number of carbonyl (C=O) groups excluding carboxylic acids is 1. The molecule has 0 atom stereocenters. The largest absolute Gasteiger partial charge is 0.395 e. The molecule has 1 saturated carbocycles. The number of amides is 2. The second-order valence-electron chi connectivity index (χ2n) is 5.76. The van der Waals surface area contributed by atoms with Gasteiger partial charge < -0.3 is 15.3 Å². The number of rotatable bonds is 6. The van der Waals surface area contributed by atoms with Gasteiger partial charge in [-0.15, -0.1) is 0 Å². The summed E-state index contributed by atoms with van der Waals surface area (Å²) in [5, 5.41) is 11.8. The first-order valence-corrected chi connectivity index (χ1v) is 6.59. The highest BCUT2D eigenvalue weighted by molar-refractivity contribution is 5.73. The number of hydrogen-bond donors (Lipinski definition) is 2. The zero-order valence-electron chi connectivity index (χ0n) is 11.3. The zero-order chi connectivity index (χ0) is 12.9. The molecule has 2 N–H and O–H groups in total.